The van der Waals surface area contributed by atoms with Crippen LogP contribution in [0.1, 0.15) is 30.6 Å². The lowest BCUT2D eigenvalue weighted by Gasteiger charge is -2.29. The highest BCUT2D eigenvalue weighted by Gasteiger charge is 2.23. The molecule has 0 atom stereocenters. The van der Waals surface area contributed by atoms with E-state index in [4.69, 9.17) is 11.6 Å². The maximum Gasteiger partial charge on any atom is 0.318 e. The van der Waals surface area contributed by atoms with Crippen molar-refractivity contribution in [3.63, 3.8) is 0 Å². The summed E-state index contributed by atoms with van der Waals surface area (Å²) in [6.07, 6.45) is 4.69. The molecule has 1 heterocycles. The summed E-state index contributed by atoms with van der Waals surface area (Å²) in [6.45, 7) is 4.74. The first-order valence-electron chi connectivity index (χ1n) is 7.17. The predicted molar refractivity (Wildman–Crippen MR) is 86.7 cm³/mol. The van der Waals surface area contributed by atoms with Gasteiger partial charge < -0.3 is 15.3 Å². The van der Waals surface area contributed by atoms with Gasteiger partial charge >= 0.3 is 6.03 Å². The van der Waals surface area contributed by atoms with E-state index in [1.54, 1.807) is 11.0 Å². The number of aliphatic hydroxyl groups is 1. The minimum absolute atomic E-state index is 0.0826. The summed E-state index contributed by atoms with van der Waals surface area (Å²) in [5.74, 6) is 0. The number of rotatable bonds is 5. The minimum atomic E-state index is -0.212. The number of hydrogen-bond donors (Lipinski definition) is 2. The number of carbonyl (C=O) groups excluding carboxylic acids is 1. The van der Waals surface area contributed by atoms with Gasteiger partial charge in [0.1, 0.15) is 0 Å². The first-order valence-corrected chi connectivity index (χ1v) is 8.36. The van der Waals surface area contributed by atoms with Gasteiger partial charge in [0.15, 0.2) is 0 Å². The van der Waals surface area contributed by atoms with E-state index in [1.807, 2.05) is 12.1 Å². The van der Waals surface area contributed by atoms with Crippen LogP contribution in [-0.4, -0.2) is 34.7 Å². The van der Waals surface area contributed by atoms with Gasteiger partial charge in [-0.2, -0.15) is 0 Å². The smallest absolute Gasteiger partial charge is 0.318 e. The molecule has 21 heavy (non-hydrogen) atoms. The summed E-state index contributed by atoms with van der Waals surface area (Å²) in [6, 6.07) is 3.85. The van der Waals surface area contributed by atoms with Gasteiger partial charge in [-0.05, 0) is 37.8 Å². The molecule has 0 spiro atoms. The van der Waals surface area contributed by atoms with Gasteiger partial charge in [-0.15, -0.1) is 17.9 Å². The van der Waals surface area contributed by atoms with Crippen molar-refractivity contribution in [2.24, 2.45) is 0 Å². The zero-order valence-corrected chi connectivity index (χ0v) is 13.5. The van der Waals surface area contributed by atoms with Crippen LogP contribution >= 0.6 is 22.9 Å². The normalized spacial score (nSPS) is 21.8. The second-order valence-electron chi connectivity index (χ2n) is 5.33. The first-order chi connectivity index (χ1) is 10.1. The Balaban J connectivity index is 1.90. The van der Waals surface area contributed by atoms with Crippen LogP contribution in [0.15, 0.2) is 24.8 Å². The Kier molecular flexibility index (Phi) is 6.08. The lowest BCUT2D eigenvalue weighted by Crippen LogP contribution is -2.46. The molecule has 0 radical (unpaired) electrons. The SMILES string of the molecule is C=CCN(Cc1ccc(Cl)s1)C(=O)NC1CCC(O)CC1. The molecule has 6 heteroatoms. The van der Waals surface area contributed by atoms with Crippen molar-refractivity contribution in [2.45, 2.75) is 44.4 Å². The Morgan fingerprint density at radius 3 is 2.76 bits per heavy atom. The van der Waals surface area contributed by atoms with Gasteiger partial charge in [-0.1, -0.05) is 17.7 Å². The molecule has 2 amide bonds. The number of thiophene rings is 1. The number of hydrogen-bond acceptors (Lipinski definition) is 3. The fraction of sp³-hybridized carbons (Fsp3) is 0.533. The molecule has 116 valence electrons. The van der Waals surface area contributed by atoms with Crippen molar-refractivity contribution in [3.05, 3.63) is 34.0 Å². The molecule has 0 saturated heterocycles. The molecular formula is C15H21ClN2O2S. The predicted octanol–water partition coefficient (Wildman–Crippen LogP) is 3.40. The van der Waals surface area contributed by atoms with Crippen molar-refractivity contribution in [2.75, 3.05) is 6.54 Å². The van der Waals surface area contributed by atoms with Crippen LogP contribution in [0.25, 0.3) is 0 Å². The number of nitrogens with zero attached hydrogens (tertiary/aromatic N) is 1. The molecular weight excluding hydrogens is 308 g/mol. The molecule has 1 aliphatic carbocycles. The summed E-state index contributed by atoms with van der Waals surface area (Å²) in [7, 11) is 0. The van der Waals surface area contributed by atoms with Crippen LogP contribution in [0.3, 0.4) is 0 Å². The topological polar surface area (TPSA) is 52.6 Å². The molecule has 4 nitrogen and oxygen atoms in total. The van der Waals surface area contributed by atoms with E-state index in [1.165, 1.54) is 11.3 Å². The molecule has 1 fully saturated rings. The standard InChI is InChI=1S/C15H21ClN2O2S/c1-2-9-18(10-13-7-8-14(16)21-13)15(20)17-11-3-5-12(19)6-4-11/h2,7-8,11-12,19H,1,3-6,9-10H2,(H,17,20). The van der Waals surface area contributed by atoms with Crippen LogP contribution in [0.5, 0.6) is 0 Å². The van der Waals surface area contributed by atoms with Gasteiger partial charge in [0.2, 0.25) is 0 Å². The molecule has 0 bridgehead atoms. The first kappa shape index (κ1) is 16.3. The Bertz CT molecular complexity index is 484. The van der Waals surface area contributed by atoms with E-state index < -0.39 is 0 Å². The monoisotopic (exact) mass is 328 g/mol. The highest BCUT2D eigenvalue weighted by molar-refractivity contribution is 7.16. The van der Waals surface area contributed by atoms with Gasteiger partial charge in [-0.3, -0.25) is 0 Å². The number of carbonyl (C=O) groups is 1. The van der Waals surface area contributed by atoms with Crippen molar-refractivity contribution in [1.82, 2.24) is 10.2 Å². The van der Waals surface area contributed by atoms with Crippen LogP contribution in [-0.2, 0) is 6.54 Å². The van der Waals surface area contributed by atoms with Crippen molar-refractivity contribution >= 4 is 29.0 Å². The molecule has 1 aromatic heterocycles. The molecule has 0 unspecified atom stereocenters. The molecule has 0 aliphatic heterocycles. The van der Waals surface area contributed by atoms with Crippen molar-refractivity contribution in [1.29, 1.82) is 0 Å². The summed E-state index contributed by atoms with van der Waals surface area (Å²) < 4.78 is 0.727. The van der Waals surface area contributed by atoms with E-state index in [2.05, 4.69) is 11.9 Å². The zero-order valence-electron chi connectivity index (χ0n) is 11.9. The highest BCUT2D eigenvalue weighted by Crippen LogP contribution is 2.23. The van der Waals surface area contributed by atoms with E-state index in [9.17, 15) is 9.90 Å². The largest absolute Gasteiger partial charge is 0.393 e. The Morgan fingerprint density at radius 1 is 1.48 bits per heavy atom. The van der Waals surface area contributed by atoms with Crippen LogP contribution in [0.4, 0.5) is 4.79 Å². The zero-order chi connectivity index (χ0) is 15.2. The highest BCUT2D eigenvalue weighted by atomic mass is 35.5. The maximum absolute atomic E-state index is 12.4. The van der Waals surface area contributed by atoms with Crippen LogP contribution in [0, 0.1) is 0 Å². The maximum atomic E-state index is 12.4. The summed E-state index contributed by atoms with van der Waals surface area (Å²) in [5, 5.41) is 12.6. The van der Waals surface area contributed by atoms with E-state index in [-0.39, 0.29) is 18.2 Å². The molecule has 1 saturated carbocycles. The quantitative estimate of drug-likeness (QED) is 0.814. The number of nitrogens with one attached hydrogen (secondary N) is 1. The number of aliphatic hydroxyl groups excluding tert-OH is 1. The fourth-order valence-corrected chi connectivity index (χ4v) is 3.59. The number of urea groups is 1. The summed E-state index contributed by atoms with van der Waals surface area (Å²) in [4.78, 5) is 15.1. The van der Waals surface area contributed by atoms with Crippen LogP contribution in [0.2, 0.25) is 4.34 Å². The van der Waals surface area contributed by atoms with E-state index >= 15 is 0 Å². The average Bonchev–Trinajstić information content (AvgIpc) is 2.86. The van der Waals surface area contributed by atoms with Gasteiger partial charge in [0.25, 0.3) is 0 Å². The lowest BCUT2D eigenvalue weighted by molar-refractivity contribution is 0.115. The van der Waals surface area contributed by atoms with Crippen molar-refractivity contribution < 1.29 is 9.90 Å². The van der Waals surface area contributed by atoms with Gasteiger partial charge in [-0.25, -0.2) is 4.79 Å². The second kappa shape index (κ2) is 7.82. The average molecular weight is 329 g/mol. The third kappa shape index (κ3) is 5.02. The minimum Gasteiger partial charge on any atom is -0.393 e. The number of amides is 2. The van der Waals surface area contributed by atoms with Gasteiger partial charge in [0, 0.05) is 17.5 Å². The third-order valence-electron chi connectivity index (χ3n) is 3.64. The van der Waals surface area contributed by atoms with Gasteiger partial charge in [0.05, 0.1) is 17.0 Å². The van der Waals surface area contributed by atoms with Crippen LogP contribution < -0.4 is 5.32 Å². The molecule has 1 aromatic rings. The lowest BCUT2D eigenvalue weighted by atomic mass is 9.93. The summed E-state index contributed by atoms with van der Waals surface area (Å²) >= 11 is 7.41. The molecule has 0 aromatic carbocycles. The van der Waals surface area contributed by atoms with Crippen molar-refractivity contribution in [3.8, 4) is 0 Å². The molecule has 2 N–H and O–H groups in total. The number of halogens is 1. The fourth-order valence-electron chi connectivity index (χ4n) is 2.49. The Hall–Kier alpha value is -1.04. The summed E-state index contributed by atoms with van der Waals surface area (Å²) in [5.41, 5.74) is 0. The van der Waals surface area contributed by atoms with E-state index in [0.29, 0.717) is 13.1 Å². The Labute approximate surface area is 134 Å². The Morgan fingerprint density at radius 2 is 2.19 bits per heavy atom. The molecule has 2 rings (SSSR count). The third-order valence-corrected chi connectivity index (χ3v) is 4.85. The molecule has 1 aliphatic rings. The van der Waals surface area contributed by atoms with E-state index in [0.717, 1.165) is 34.9 Å². The second-order valence-corrected chi connectivity index (χ2v) is 7.13.